The van der Waals surface area contributed by atoms with Crippen LogP contribution in [0.15, 0.2) is 18.2 Å². The number of fused-ring (bicyclic) bond motifs is 1. The van der Waals surface area contributed by atoms with Gasteiger partial charge in [0.25, 0.3) is 11.8 Å². The zero-order valence-corrected chi connectivity index (χ0v) is 13.3. The van der Waals surface area contributed by atoms with Gasteiger partial charge in [-0.05, 0) is 25.0 Å². The summed E-state index contributed by atoms with van der Waals surface area (Å²) >= 11 is 0. The number of halogens is 1. The van der Waals surface area contributed by atoms with Crippen LogP contribution < -0.4 is 5.32 Å². The predicted octanol–water partition coefficient (Wildman–Crippen LogP) is 0.0261. The van der Waals surface area contributed by atoms with Crippen molar-refractivity contribution in [2.24, 2.45) is 0 Å². The largest absolute Gasteiger partial charge is 0.403 e. The molecule has 22 heavy (non-hydrogen) atoms. The van der Waals surface area contributed by atoms with Crippen molar-refractivity contribution < 1.29 is 22.8 Å². The van der Waals surface area contributed by atoms with Crippen LogP contribution in [0.2, 0.25) is 0 Å². The Hall–Kier alpha value is -1.40. The molecule has 0 aromatic heterocycles. The van der Waals surface area contributed by atoms with E-state index >= 15 is 0 Å². The summed E-state index contributed by atoms with van der Waals surface area (Å²) < 4.78 is 24.0. The standard InChI is InChI=1S/C13H11FN2O4Si2/c14-7-3-1-2-6-10(7)13(18)16(12(6)17)8-4-5-9(19-21)15-11(8)20-22/h1-3,8-9,11,15H,4-5H2. The van der Waals surface area contributed by atoms with Crippen LogP contribution in [0.3, 0.4) is 0 Å². The Balaban J connectivity index is 1.92. The highest BCUT2D eigenvalue weighted by molar-refractivity contribution is 6.21. The molecule has 3 atom stereocenters. The van der Waals surface area contributed by atoms with E-state index in [1.807, 2.05) is 0 Å². The van der Waals surface area contributed by atoms with Gasteiger partial charge in [0.2, 0.25) is 21.0 Å². The van der Waals surface area contributed by atoms with Crippen molar-refractivity contribution in [3.05, 3.63) is 35.1 Å². The molecule has 2 amide bonds. The summed E-state index contributed by atoms with van der Waals surface area (Å²) in [6, 6.07) is 3.46. The van der Waals surface area contributed by atoms with Gasteiger partial charge in [0.05, 0.1) is 23.4 Å². The molecule has 6 nitrogen and oxygen atoms in total. The topological polar surface area (TPSA) is 67.9 Å². The third-order valence-corrected chi connectivity index (χ3v) is 4.46. The second-order valence-corrected chi connectivity index (χ2v) is 5.57. The Morgan fingerprint density at radius 2 is 1.95 bits per heavy atom. The van der Waals surface area contributed by atoms with Gasteiger partial charge in [-0.2, -0.15) is 0 Å². The summed E-state index contributed by atoms with van der Waals surface area (Å²) in [5, 5.41) is 2.98. The van der Waals surface area contributed by atoms with Gasteiger partial charge in [0, 0.05) is 0 Å². The van der Waals surface area contributed by atoms with Crippen LogP contribution in [-0.2, 0) is 8.85 Å². The van der Waals surface area contributed by atoms with E-state index in [1.165, 1.54) is 18.2 Å². The van der Waals surface area contributed by atoms with Gasteiger partial charge >= 0.3 is 0 Å². The fourth-order valence-electron chi connectivity index (χ4n) is 2.88. The number of carbonyl (C=O) groups excluding carboxylic acids is 2. The number of hydrogen-bond donors (Lipinski definition) is 1. The summed E-state index contributed by atoms with van der Waals surface area (Å²) in [7, 11) is 5.89. The molecule has 2 heterocycles. The number of nitrogens with zero attached hydrogens (tertiary/aromatic N) is 1. The number of piperidine rings is 1. The number of amides is 2. The summed E-state index contributed by atoms with van der Waals surface area (Å²) in [6.45, 7) is 0. The number of nitrogens with one attached hydrogen (secondary N) is 1. The fourth-order valence-corrected chi connectivity index (χ4v) is 3.30. The van der Waals surface area contributed by atoms with E-state index in [-0.39, 0.29) is 17.4 Å². The van der Waals surface area contributed by atoms with Gasteiger partial charge in [0.15, 0.2) is 0 Å². The maximum atomic E-state index is 13.9. The molecule has 1 aromatic carbocycles. The van der Waals surface area contributed by atoms with Crippen LogP contribution in [0.4, 0.5) is 4.39 Å². The zero-order chi connectivity index (χ0) is 15.9. The molecule has 0 spiro atoms. The van der Waals surface area contributed by atoms with Gasteiger partial charge in [-0.15, -0.1) is 0 Å². The summed E-state index contributed by atoms with van der Waals surface area (Å²) in [5.41, 5.74) is -0.102. The second kappa shape index (κ2) is 6.01. The highest BCUT2D eigenvalue weighted by atomic mass is 28.2. The van der Waals surface area contributed by atoms with Crippen LogP contribution in [-0.4, -0.2) is 56.2 Å². The van der Waals surface area contributed by atoms with Crippen LogP contribution >= 0.6 is 0 Å². The molecule has 9 heteroatoms. The van der Waals surface area contributed by atoms with Gasteiger partial charge in [0.1, 0.15) is 12.0 Å². The first-order valence-corrected chi connectivity index (χ1v) is 7.47. The average molecular weight is 334 g/mol. The number of imide groups is 1. The maximum absolute atomic E-state index is 13.9. The third kappa shape index (κ3) is 2.34. The quantitative estimate of drug-likeness (QED) is 0.624. The van der Waals surface area contributed by atoms with Crippen molar-refractivity contribution in [2.45, 2.75) is 31.3 Å². The number of rotatable bonds is 3. The molecular weight excluding hydrogens is 323 g/mol. The molecule has 1 aromatic rings. The highest BCUT2D eigenvalue weighted by Gasteiger charge is 2.46. The lowest BCUT2D eigenvalue weighted by Crippen LogP contribution is -2.59. The first-order valence-electron chi connectivity index (χ1n) is 6.65. The monoisotopic (exact) mass is 334 g/mol. The SMILES string of the molecule is O=C1c2cccc(F)c2C(=O)N1C1CCC(O[Si])NC1O[Si]. The van der Waals surface area contributed by atoms with Crippen molar-refractivity contribution in [1.82, 2.24) is 10.2 Å². The summed E-state index contributed by atoms with van der Waals surface area (Å²) in [5.74, 6) is -1.85. The molecule has 6 radical (unpaired) electrons. The fraction of sp³-hybridized carbons (Fsp3) is 0.385. The Kier molecular flexibility index (Phi) is 4.23. The molecule has 1 N–H and O–H groups in total. The van der Waals surface area contributed by atoms with Crippen LogP contribution in [0.1, 0.15) is 33.6 Å². The molecule has 1 fully saturated rings. The van der Waals surface area contributed by atoms with E-state index in [0.29, 0.717) is 12.8 Å². The van der Waals surface area contributed by atoms with Crippen LogP contribution in [0.25, 0.3) is 0 Å². The normalized spacial score (nSPS) is 28.1. The Morgan fingerprint density at radius 1 is 1.18 bits per heavy atom. The average Bonchev–Trinajstić information content (AvgIpc) is 2.79. The summed E-state index contributed by atoms with van der Waals surface area (Å²) in [4.78, 5) is 26.0. The van der Waals surface area contributed by atoms with E-state index in [9.17, 15) is 14.0 Å². The molecule has 0 aliphatic carbocycles. The van der Waals surface area contributed by atoms with Crippen molar-refractivity contribution in [3.8, 4) is 0 Å². The van der Waals surface area contributed by atoms with Crippen molar-refractivity contribution >= 4 is 32.8 Å². The minimum Gasteiger partial charge on any atom is -0.403 e. The Labute approximate surface area is 133 Å². The lowest BCUT2D eigenvalue weighted by atomic mass is 10.0. The molecule has 112 valence electrons. The van der Waals surface area contributed by atoms with E-state index < -0.39 is 29.9 Å². The van der Waals surface area contributed by atoms with E-state index in [2.05, 4.69) is 26.3 Å². The second-order valence-electron chi connectivity index (χ2n) is 5.10. The van der Waals surface area contributed by atoms with Gasteiger partial charge in [-0.1, -0.05) is 6.07 Å². The van der Waals surface area contributed by atoms with E-state index in [4.69, 9.17) is 8.85 Å². The smallest absolute Gasteiger partial charge is 0.264 e. The molecule has 3 unspecified atom stereocenters. The molecule has 2 aliphatic rings. The first kappa shape index (κ1) is 15.5. The van der Waals surface area contributed by atoms with Gasteiger partial charge in [-0.3, -0.25) is 19.8 Å². The van der Waals surface area contributed by atoms with E-state index in [0.717, 1.165) is 4.90 Å². The lowest BCUT2D eigenvalue weighted by Gasteiger charge is -2.39. The maximum Gasteiger partial charge on any atom is 0.264 e. The third-order valence-electron chi connectivity index (χ3n) is 3.92. The van der Waals surface area contributed by atoms with Crippen molar-refractivity contribution in [2.75, 3.05) is 0 Å². The number of hydrogen-bond acceptors (Lipinski definition) is 5. The van der Waals surface area contributed by atoms with Gasteiger partial charge in [-0.25, -0.2) is 4.39 Å². The molecule has 2 aliphatic heterocycles. The lowest BCUT2D eigenvalue weighted by molar-refractivity contribution is -0.0162. The Bertz CT molecular complexity index is 630. The molecule has 3 rings (SSSR count). The number of benzene rings is 1. The van der Waals surface area contributed by atoms with Crippen LogP contribution in [0.5, 0.6) is 0 Å². The zero-order valence-electron chi connectivity index (χ0n) is 11.3. The van der Waals surface area contributed by atoms with E-state index in [1.54, 1.807) is 0 Å². The summed E-state index contributed by atoms with van der Waals surface area (Å²) in [6.07, 6.45) is 0.0266. The molecular formula is C13H11FN2O4Si2. The molecule has 1 saturated heterocycles. The predicted molar refractivity (Wildman–Crippen MR) is 74.3 cm³/mol. The molecule has 0 saturated carbocycles. The van der Waals surface area contributed by atoms with Crippen LogP contribution in [0, 0.1) is 5.82 Å². The molecule has 0 bridgehead atoms. The highest BCUT2D eigenvalue weighted by Crippen LogP contribution is 2.31. The Morgan fingerprint density at radius 3 is 2.59 bits per heavy atom. The minimum atomic E-state index is -0.695. The minimum absolute atomic E-state index is 0.0798. The first-order chi connectivity index (χ1) is 10.6. The van der Waals surface area contributed by atoms with Gasteiger partial charge < -0.3 is 8.85 Å². The number of carbonyl (C=O) groups is 2. The van der Waals surface area contributed by atoms with Crippen molar-refractivity contribution in [1.29, 1.82) is 0 Å². The van der Waals surface area contributed by atoms with Crippen molar-refractivity contribution in [3.63, 3.8) is 0 Å².